The van der Waals surface area contributed by atoms with E-state index in [0.29, 0.717) is 0 Å². The second-order valence-electron chi connectivity index (χ2n) is 4.07. The van der Waals surface area contributed by atoms with E-state index in [4.69, 9.17) is 10.9 Å². The lowest BCUT2D eigenvalue weighted by atomic mass is 9.99. The molecule has 0 saturated heterocycles. The van der Waals surface area contributed by atoms with E-state index in [2.05, 4.69) is 0 Å². The predicted octanol–water partition coefficient (Wildman–Crippen LogP) is 1.24. The largest absolute Gasteiger partial charge is 0.365 e. The topological polar surface area (TPSA) is 103 Å². The smallest absolute Gasteiger partial charge is 0.252 e. The molecule has 0 aromatic heterocycles. The molecule has 0 fully saturated rings. The van der Waals surface area contributed by atoms with Gasteiger partial charge in [-0.05, 0) is 17.7 Å². The van der Waals surface area contributed by atoms with Gasteiger partial charge in [-0.25, -0.2) is 17.9 Å². The quantitative estimate of drug-likeness (QED) is 0.890. The highest BCUT2D eigenvalue weighted by Gasteiger charge is 2.20. The second-order valence-corrected chi connectivity index (χ2v) is 5.60. The summed E-state index contributed by atoms with van der Waals surface area (Å²) in [5.41, 5.74) is 4.99. The van der Waals surface area contributed by atoms with E-state index in [1.165, 1.54) is 30.3 Å². The molecule has 0 heterocycles. The van der Waals surface area contributed by atoms with E-state index in [9.17, 15) is 17.6 Å². The predicted molar refractivity (Wildman–Crippen MR) is 71.7 cm³/mol. The SMILES string of the molecule is NC(=O)c1c(F)cccc1-c1ccccc1S(N)(=O)=O. The van der Waals surface area contributed by atoms with Crippen LogP contribution in [0.4, 0.5) is 4.39 Å². The summed E-state index contributed by atoms with van der Waals surface area (Å²) in [5.74, 6) is -1.80. The number of rotatable bonds is 3. The molecule has 20 heavy (non-hydrogen) atoms. The van der Waals surface area contributed by atoms with Crippen molar-refractivity contribution in [1.82, 2.24) is 0 Å². The number of hydrogen-bond acceptors (Lipinski definition) is 3. The van der Waals surface area contributed by atoms with E-state index >= 15 is 0 Å². The number of halogens is 1. The van der Waals surface area contributed by atoms with E-state index in [1.54, 1.807) is 6.07 Å². The fraction of sp³-hybridized carbons (Fsp3) is 0. The monoisotopic (exact) mass is 294 g/mol. The van der Waals surface area contributed by atoms with Crippen molar-refractivity contribution in [2.24, 2.45) is 10.9 Å². The van der Waals surface area contributed by atoms with Crippen LogP contribution in [0, 0.1) is 5.82 Å². The highest BCUT2D eigenvalue weighted by atomic mass is 32.2. The fourth-order valence-electron chi connectivity index (χ4n) is 1.94. The van der Waals surface area contributed by atoms with Gasteiger partial charge in [-0.15, -0.1) is 0 Å². The molecule has 0 aliphatic rings. The van der Waals surface area contributed by atoms with Crippen molar-refractivity contribution < 1.29 is 17.6 Å². The van der Waals surface area contributed by atoms with E-state index < -0.39 is 21.7 Å². The molecule has 2 aromatic rings. The first-order chi connectivity index (χ1) is 9.32. The third kappa shape index (κ3) is 2.54. The number of amides is 1. The average Bonchev–Trinajstić information content (AvgIpc) is 2.37. The number of nitrogens with two attached hydrogens (primary N) is 2. The van der Waals surface area contributed by atoms with Crippen LogP contribution in [-0.2, 0) is 10.0 Å². The van der Waals surface area contributed by atoms with E-state index in [1.807, 2.05) is 0 Å². The molecule has 7 heteroatoms. The molecule has 0 radical (unpaired) electrons. The van der Waals surface area contributed by atoms with Gasteiger partial charge in [-0.2, -0.15) is 0 Å². The van der Waals surface area contributed by atoms with Crippen LogP contribution >= 0.6 is 0 Å². The van der Waals surface area contributed by atoms with Crippen molar-refractivity contribution in [2.45, 2.75) is 4.90 Å². The summed E-state index contributed by atoms with van der Waals surface area (Å²) in [6.45, 7) is 0. The normalized spacial score (nSPS) is 11.3. The highest BCUT2D eigenvalue weighted by molar-refractivity contribution is 7.89. The Bertz CT molecular complexity index is 788. The third-order valence-corrected chi connectivity index (χ3v) is 3.71. The molecular weight excluding hydrogens is 283 g/mol. The molecule has 0 aliphatic carbocycles. The van der Waals surface area contributed by atoms with Crippen LogP contribution in [0.1, 0.15) is 10.4 Å². The summed E-state index contributed by atoms with van der Waals surface area (Å²) in [7, 11) is -4.01. The van der Waals surface area contributed by atoms with Crippen LogP contribution < -0.4 is 10.9 Å². The Morgan fingerprint density at radius 3 is 2.20 bits per heavy atom. The first-order valence-corrected chi connectivity index (χ1v) is 7.07. The van der Waals surface area contributed by atoms with Gasteiger partial charge in [0.25, 0.3) is 5.91 Å². The lowest BCUT2D eigenvalue weighted by Crippen LogP contribution is -2.17. The average molecular weight is 294 g/mol. The Balaban J connectivity index is 2.84. The summed E-state index contributed by atoms with van der Waals surface area (Å²) in [5, 5.41) is 5.12. The first-order valence-electron chi connectivity index (χ1n) is 5.53. The molecule has 1 amide bonds. The van der Waals surface area contributed by atoms with Gasteiger partial charge in [0.2, 0.25) is 10.0 Å². The maximum Gasteiger partial charge on any atom is 0.252 e. The Kier molecular flexibility index (Phi) is 3.56. The minimum absolute atomic E-state index is 0.0853. The van der Waals surface area contributed by atoms with Crippen molar-refractivity contribution in [3.63, 3.8) is 0 Å². The number of hydrogen-bond donors (Lipinski definition) is 2. The van der Waals surface area contributed by atoms with Crippen molar-refractivity contribution in [1.29, 1.82) is 0 Å². The molecule has 0 saturated carbocycles. The van der Waals surface area contributed by atoms with Crippen LogP contribution in [0.5, 0.6) is 0 Å². The molecular formula is C13H11FN2O3S. The molecule has 2 rings (SSSR count). The maximum absolute atomic E-state index is 13.7. The van der Waals surface area contributed by atoms with E-state index in [-0.39, 0.29) is 21.6 Å². The zero-order chi connectivity index (χ0) is 14.9. The molecule has 0 atom stereocenters. The van der Waals surface area contributed by atoms with Crippen LogP contribution in [0.2, 0.25) is 0 Å². The maximum atomic E-state index is 13.7. The number of primary sulfonamides is 1. The van der Waals surface area contributed by atoms with Crippen LogP contribution in [-0.4, -0.2) is 14.3 Å². The summed E-state index contributed by atoms with van der Waals surface area (Å²) in [4.78, 5) is 11.2. The van der Waals surface area contributed by atoms with Gasteiger partial charge < -0.3 is 5.73 Å². The number of benzene rings is 2. The number of carbonyl (C=O) groups excluding carboxylic acids is 1. The Morgan fingerprint density at radius 2 is 1.60 bits per heavy atom. The molecule has 4 N–H and O–H groups in total. The Labute approximate surface area is 115 Å². The second kappa shape index (κ2) is 5.03. The number of primary amides is 1. The van der Waals surface area contributed by atoms with Gasteiger partial charge >= 0.3 is 0 Å². The fourth-order valence-corrected chi connectivity index (χ4v) is 2.69. The van der Waals surface area contributed by atoms with Crippen LogP contribution in [0.3, 0.4) is 0 Å². The number of carbonyl (C=O) groups is 1. The van der Waals surface area contributed by atoms with Crippen molar-refractivity contribution >= 4 is 15.9 Å². The zero-order valence-corrected chi connectivity index (χ0v) is 11.0. The Morgan fingerprint density at radius 1 is 1.00 bits per heavy atom. The summed E-state index contributed by atoms with van der Waals surface area (Å²) >= 11 is 0. The first kappa shape index (κ1) is 14.2. The molecule has 0 bridgehead atoms. The molecule has 2 aromatic carbocycles. The van der Waals surface area contributed by atoms with Gasteiger partial charge in [0, 0.05) is 5.56 Å². The van der Waals surface area contributed by atoms with Gasteiger partial charge in [-0.3, -0.25) is 4.79 Å². The summed E-state index contributed by atoms with van der Waals surface area (Å²) in [6, 6.07) is 9.58. The standard InChI is InChI=1S/C13H11FN2O3S/c14-10-6-3-5-9(12(10)13(15)17)8-4-1-2-7-11(8)20(16,18)19/h1-7H,(H2,15,17)(H2,16,18,19). The molecule has 0 spiro atoms. The highest BCUT2D eigenvalue weighted by Crippen LogP contribution is 2.30. The summed E-state index contributed by atoms with van der Waals surface area (Å²) in [6.07, 6.45) is 0. The minimum atomic E-state index is -4.01. The van der Waals surface area contributed by atoms with Crippen molar-refractivity contribution in [2.75, 3.05) is 0 Å². The summed E-state index contributed by atoms with van der Waals surface area (Å²) < 4.78 is 36.9. The zero-order valence-electron chi connectivity index (χ0n) is 10.2. The van der Waals surface area contributed by atoms with Crippen LogP contribution in [0.15, 0.2) is 47.4 Å². The van der Waals surface area contributed by atoms with Gasteiger partial charge in [-0.1, -0.05) is 30.3 Å². The minimum Gasteiger partial charge on any atom is -0.365 e. The number of sulfonamides is 1. The van der Waals surface area contributed by atoms with Crippen LogP contribution in [0.25, 0.3) is 11.1 Å². The molecule has 5 nitrogen and oxygen atoms in total. The van der Waals surface area contributed by atoms with Gasteiger partial charge in [0.15, 0.2) is 0 Å². The van der Waals surface area contributed by atoms with Crippen molar-refractivity contribution in [3.05, 3.63) is 53.8 Å². The lowest BCUT2D eigenvalue weighted by molar-refractivity contribution is 0.0997. The van der Waals surface area contributed by atoms with Gasteiger partial charge in [0.1, 0.15) is 5.82 Å². The van der Waals surface area contributed by atoms with Gasteiger partial charge in [0.05, 0.1) is 10.5 Å². The molecule has 0 unspecified atom stereocenters. The van der Waals surface area contributed by atoms with Crippen molar-refractivity contribution in [3.8, 4) is 11.1 Å². The van der Waals surface area contributed by atoms with E-state index in [0.717, 1.165) is 6.07 Å². The molecule has 104 valence electrons. The Hall–Kier alpha value is -2.25. The molecule has 0 aliphatic heterocycles. The lowest BCUT2D eigenvalue weighted by Gasteiger charge is -2.11. The third-order valence-electron chi connectivity index (χ3n) is 2.74.